The van der Waals surface area contributed by atoms with Crippen LogP contribution in [0.15, 0.2) is 78.9 Å². The van der Waals surface area contributed by atoms with E-state index in [4.69, 9.17) is 11.5 Å². The van der Waals surface area contributed by atoms with Gasteiger partial charge in [0, 0.05) is 41.5 Å². The number of carbonyl (C=O) groups is 3. The highest BCUT2D eigenvalue weighted by Gasteiger charge is 2.33. The number of para-hydroxylation sites is 1. The summed E-state index contributed by atoms with van der Waals surface area (Å²) in [6.45, 7) is 2.68. The molecule has 1 heterocycles. The highest BCUT2D eigenvalue weighted by Crippen LogP contribution is 2.31. The number of nitrogens with zero attached hydrogens (tertiary/aromatic N) is 2. The third-order valence-corrected chi connectivity index (χ3v) is 6.38. The molecule has 0 aromatic heterocycles. The number of likely N-dealkylation sites (tertiary alicyclic amines) is 1. The van der Waals surface area contributed by atoms with Gasteiger partial charge in [0.1, 0.15) is 12.3 Å². The molecule has 1 saturated heterocycles. The Kier molecular flexibility index (Phi) is 7.40. The maximum absolute atomic E-state index is 13.4. The number of amides is 3. The topological polar surface area (TPSA) is 130 Å². The van der Waals surface area contributed by atoms with Gasteiger partial charge in [-0.25, -0.2) is 0 Å². The monoisotopic (exact) mass is 498 g/mol. The molecule has 1 fully saturated rings. The van der Waals surface area contributed by atoms with Crippen molar-refractivity contribution in [3.8, 4) is 16.9 Å². The number of rotatable bonds is 7. The second kappa shape index (κ2) is 10.7. The van der Waals surface area contributed by atoms with E-state index in [0.29, 0.717) is 47.5 Å². The molecule has 3 amide bonds. The minimum absolute atomic E-state index is 0.113. The summed E-state index contributed by atoms with van der Waals surface area (Å²) in [5.74, 6) is -1.07. The SMILES string of the molecule is CC1(N)CCN(C(=O)CN(C(=O)C=Cc2cccc(C(N)=O)c2)c2cccc(-c3ccccc3O)c2)C1. The zero-order valence-electron chi connectivity index (χ0n) is 20.6. The van der Waals surface area contributed by atoms with E-state index in [1.54, 1.807) is 71.6 Å². The molecule has 8 nitrogen and oxygen atoms in total. The number of phenolic OH excluding ortho intramolecular Hbond substituents is 1. The smallest absolute Gasteiger partial charge is 0.251 e. The van der Waals surface area contributed by atoms with E-state index in [2.05, 4.69) is 0 Å². The fourth-order valence-corrected chi connectivity index (χ4v) is 4.34. The first-order valence-corrected chi connectivity index (χ1v) is 12.0. The summed E-state index contributed by atoms with van der Waals surface area (Å²) in [4.78, 5) is 41.2. The van der Waals surface area contributed by atoms with Crippen molar-refractivity contribution in [1.29, 1.82) is 0 Å². The van der Waals surface area contributed by atoms with E-state index in [-0.39, 0.29) is 18.2 Å². The van der Waals surface area contributed by atoms with E-state index in [9.17, 15) is 19.5 Å². The van der Waals surface area contributed by atoms with Crippen molar-refractivity contribution >= 4 is 29.5 Å². The lowest BCUT2D eigenvalue weighted by Crippen LogP contribution is -2.45. The second-order valence-electron chi connectivity index (χ2n) is 9.53. The number of hydrogen-bond acceptors (Lipinski definition) is 5. The fourth-order valence-electron chi connectivity index (χ4n) is 4.34. The highest BCUT2D eigenvalue weighted by molar-refractivity contribution is 6.07. The van der Waals surface area contributed by atoms with E-state index in [1.165, 1.54) is 11.0 Å². The van der Waals surface area contributed by atoms with Crippen molar-refractivity contribution in [3.05, 3.63) is 90.0 Å². The van der Waals surface area contributed by atoms with Crippen LogP contribution in [-0.2, 0) is 9.59 Å². The van der Waals surface area contributed by atoms with Crippen LogP contribution in [0.1, 0.15) is 29.3 Å². The maximum Gasteiger partial charge on any atom is 0.251 e. The van der Waals surface area contributed by atoms with Crippen molar-refractivity contribution in [2.24, 2.45) is 11.5 Å². The van der Waals surface area contributed by atoms with Gasteiger partial charge in [0.2, 0.25) is 11.8 Å². The van der Waals surface area contributed by atoms with E-state index in [0.717, 1.165) is 0 Å². The van der Waals surface area contributed by atoms with Crippen molar-refractivity contribution in [2.75, 3.05) is 24.5 Å². The molecular weight excluding hydrogens is 468 g/mol. The Morgan fingerprint density at radius 2 is 1.81 bits per heavy atom. The van der Waals surface area contributed by atoms with Crippen LogP contribution >= 0.6 is 0 Å². The first kappa shape index (κ1) is 25.7. The number of primary amides is 1. The third kappa shape index (κ3) is 6.23. The lowest BCUT2D eigenvalue weighted by atomic mass is 10.0. The summed E-state index contributed by atoms with van der Waals surface area (Å²) in [7, 11) is 0. The van der Waals surface area contributed by atoms with Crippen LogP contribution in [0.4, 0.5) is 5.69 Å². The third-order valence-electron chi connectivity index (χ3n) is 6.38. The standard InChI is InChI=1S/C29H30N4O4/c1-29(31)14-15-32(19-29)27(36)18-33(26(35)13-12-20-6-4-8-22(16-20)28(30)37)23-9-5-7-21(17-23)24-10-2-3-11-25(24)34/h2-13,16-17,34H,14-15,18-19,31H2,1H3,(H2,30,37). The number of nitrogens with two attached hydrogens (primary N) is 2. The molecule has 37 heavy (non-hydrogen) atoms. The number of aromatic hydroxyl groups is 1. The molecule has 1 aliphatic rings. The minimum atomic E-state index is -0.563. The van der Waals surface area contributed by atoms with Crippen LogP contribution in [-0.4, -0.2) is 52.9 Å². The van der Waals surface area contributed by atoms with Crippen molar-refractivity contribution in [1.82, 2.24) is 4.90 Å². The molecule has 0 saturated carbocycles. The number of anilines is 1. The zero-order chi connectivity index (χ0) is 26.6. The van der Waals surface area contributed by atoms with Gasteiger partial charge in [-0.05, 0) is 60.9 Å². The number of carbonyl (C=O) groups excluding carboxylic acids is 3. The average molecular weight is 499 g/mol. The Morgan fingerprint density at radius 3 is 2.51 bits per heavy atom. The van der Waals surface area contributed by atoms with Crippen molar-refractivity contribution < 1.29 is 19.5 Å². The molecule has 0 bridgehead atoms. The molecule has 1 unspecified atom stereocenters. The van der Waals surface area contributed by atoms with Gasteiger partial charge in [-0.2, -0.15) is 0 Å². The molecule has 1 atom stereocenters. The van der Waals surface area contributed by atoms with Crippen molar-refractivity contribution in [2.45, 2.75) is 18.9 Å². The molecule has 0 radical (unpaired) electrons. The second-order valence-corrected chi connectivity index (χ2v) is 9.53. The van der Waals surface area contributed by atoms with E-state index < -0.39 is 17.4 Å². The number of phenols is 1. The van der Waals surface area contributed by atoms with Crippen LogP contribution < -0.4 is 16.4 Å². The normalized spacial score (nSPS) is 17.2. The summed E-state index contributed by atoms with van der Waals surface area (Å²) < 4.78 is 0. The van der Waals surface area contributed by atoms with Gasteiger partial charge in [-0.15, -0.1) is 0 Å². The molecule has 0 spiro atoms. The number of hydrogen-bond donors (Lipinski definition) is 3. The molecular formula is C29H30N4O4. The van der Waals surface area contributed by atoms with Gasteiger partial charge in [0.05, 0.1) is 0 Å². The van der Waals surface area contributed by atoms with Gasteiger partial charge in [-0.3, -0.25) is 19.3 Å². The summed E-state index contributed by atoms with van der Waals surface area (Å²) in [5.41, 5.74) is 13.9. The van der Waals surface area contributed by atoms with Crippen LogP contribution in [0.3, 0.4) is 0 Å². The molecule has 3 aromatic carbocycles. The lowest BCUT2D eigenvalue weighted by Gasteiger charge is -2.26. The summed E-state index contributed by atoms with van der Waals surface area (Å²) in [6, 6.07) is 20.6. The quantitative estimate of drug-likeness (QED) is 0.431. The first-order chi connectivity index (χ1) is 17.6. The maximum atomic E-state index is 13.4. The van der Waals surface area contributed by atoms with Gasteiger partial charge >= 0.3 is 0 Å². The average Bonchev–Trinajstić information content (AvgIpc) is 3.26. The Balaban J connectivity index is 1.65. The van der Waals surface area contributed by atoms with E-state index >= 15 is 0 Å². The van der Waals surface area contributed by atoms with E-state index in [1.807, 2.05) is 19.1 Å². The predicted molar refractivity (Wildman–Crippen MR) is 144 cm³/mol. The Labute approximate surface area is 215 Å². The van der Waals surface area contributed by atoms with Gasteiger partial charge in [-0.1, -0.05) is 42.5 Å². The molecule has 8 heteroatoms. The lowest BCUT2D eigenvalue weighted by molar-refractivity contribution is -0.130. The Bertz CT molecular complexity index is 1370. The predicted octanol–water partition coefficient (Wildman–Crippen LogP) is 3.15. The fraction of sp³-hybridized carbons (Fsp3) is 0.207. The van der Waals surface area contributed by atoms with Crippen LogP contribution in [0.5, 0.6) is 5.75 Å². The Hall–Kier alpha value is -4.43. The largest absolute Gasteiger partial charge is 0.507 e. The highest BCUT2D eigenvalue weighted by atomic mass is 16.3. The van der Waals surface area contributed by atoms with Crippen molar-refractivity contribution in [3.63, 3.8) is 0 Å². The van der Waals surface area contributed by atoms with Gasteiger partial charge in [0.25, 0.3) is 5.91 Å². The first-order valence-electron chi connectivity index (χ1n) is 12.0. The molecule has 0 aliphatic carbocycles. The van der Waals surface area contributed by atoms with Crippen LogP contribution in [0.25, 0.3) is 17.2 Å². The summed E-state index contributed by atoms with van der Waals surface area (Å²) >= 11 is 0. The molecule has 3 aromatic rings. The van der Waals surface area contributed by atoms with Crippen LogP contribution in [0.2, 0.25) is 0 Å². The van der Waals surface area contributed by atoms with Gasteiger partial charge < -0.3 is 21.5 Å². The Morgan fingerprint density at radius 1 is 1.05 bits per heavy atom. The number of benzene rings is 3. The minimum Gasteiger partial charge on any atom is -0.507 e. The molecule has 1 aliphatic heterocycles. The zero-order valence-corrected chi connectivity index (χ0v) is 20.6. The van der Waals surface area contributed by atoms with Gasteiger partial charge in [0.15, 0.2) is 0 Å². The summed E-state index contributed by atoms with van der Waals surface area (Å²) in [6.07, 6.45) is 3.62. The summed E-state index contributed by atoms with van der Waals surface area (Å²) in [5, 5.41) is 10.3. The van der Waals surface area contributed by atoms with Crippen LogP contribution in [0, 0.1) is 0 Å². The molecule has 5 N–H and O–H groups in total. The molecule has 190 valence electrons. The molecule has 4 rings (SSSR count).